The molecular weight excluding hydrogens is 218 g/mol. The molecule has 1 saturated carbocycles. The van der Waals surface area contributed by atoms with Gasteiger partial charge in [0.2, 0.25) is 0 Å². The lowest BCUT2D eigenvalue weighted by Crippen LogP contribution is -2.16. The van der Waals surface area contributed by atoms with Crippen LogP contribution in [0.4, 0.5) is 0 Å². The van der Waals surface area contributed by atoms with Gasteiger partial charge in [-0.25, -0.2) is 0 Å². The summed E-state index contributed by atoms with van der Waals surface area (Å²) < 4.78 is 11.0. The Morgan fingerprint density at radius 2 is 2.00 bits per heavy atom. The monoisotopic (exact) mass is 232 g/mol. The van der Waals surface area contributed by atoms with Gasteiger partial charge in [0.15, 0.2) is 18.6 Å². The van der Waals surface area contributed by atoms with Gasteiger partial charge in [-0.05, 0) is 31.0 Å². The molecule has 4 nitrogen and oxygen atoms in total. The van der Waals surface area contributed by atoms with E-state index in [9.17, 15) is 0 Å². The minimum absolute atomic E-state index is 0.499. The highest BCUT2D eigenvalue weighted by molar-refractivity contribution is 6.03. The quantitative estimate of drug-likeness (QED) is 0.593. The minimum Gasteiger partial charge on any atom is -0.486 e. The summed E-state index contributed by atoms with van der Waals surface area (Å²) in [5.41, 5.74) is 1.98. The molecule has 1 aliphatic heterocycles. The van der Waals surface area contributed by atoms with Gasteiger partial charge in [0, 0.05) is 11.5 Å². The summed E-state index contributed by atoms with van der Waals surface area (Å²) >= 11 is 0. The molecule has 0 spiro atoms. The zero-order valence-electron chi connectivity index (χ0n) is 9.52. The third-order valence-corrected chi connectivity index (χ3v) is 2.96. The van der Waals surface area contributed by atoms with Crippen molar-refractivity contribution in [1.82, 2.24) is 0 Å². The molecule has 3 rings (SSSR count). The second kappa shape index (κ2) is 4.28. The second-order valence-electron chi connectivity index (χ2n) is 4.24. The summed E-state index contributed by atoms with van der Waals surface area (Å²) in [6, 6.07) is 5.87. The first-order chi connectivity index (χ1) is 8.38. The highest BCUT2D eigenvalue weighted by atomic mass is 16.6. The number of nitrogens with zero attached hydrogens (tertiary/aromatic N) is 1. The molecule has 0 amide bonds. The van der Waals surface area contributed by atoms with Gasteiger partial charge in [-0.3, -0.25) is 0 Å². The summed E-state index contributed by atoms with van der Waals surface area (Å²) in [5.74, 6) is 2.08. The third-order valence-electron chi connectivity index (χ3n) is 2.96. The predicted octanol–water partition coefficient (Wildman–Crippen LogP) is 2.38. The zero-order valence-corrected chi connectivity index (χ0v) is 9.52. The largest absolute Gasteiger partial charge is 0.486 e. The first kappa shape index (κ1) is 10.4. The van der Waals surface area contributed by atoms with E-state index in [1.165, 1.54) is 0 Å². The van der Waals surface area contributed by atoms with Crippen molar-refractivity contribution in [3.63, 3.8) is 0 Å². The number of hydrogen-bond acceptors (Lipinski definition) is 4. The molecule has 89 valence electrons. The number of oxime groups is 1. The molecule has 0 saturated heterocycles. The summed E-state index contributed by atoms with van der Waals surface area (Å²) in [7, 11) is 3.31. The SMILES string of the molecule is [CH2]O/N=C(/c1ccc2c(c1)OCCO2)C1CC1. The van der Waals surface area contributed by atoms with E-state index in [1.54, 1.807) is 0 Å². The van der Waals surface area contributed by atoms with Gasteiger partial charge >= 0.3 is 0 Å². The van der Waals surface area contributed by atoms with Gasteiger partial charge in [0.05, 0.1) is 5.71 Å². The van der Waals surface area contributed by atoms with E-state index in [0.717, 1.165) is 35.6 Å². The summed E-state index contributed by atoms with van der Waals surface area (Å²) in [4.78, 5) is 4.67. The van der Waals surface area contributed by atoms with Crippen LogP contribution in [0.5, 0.6) is 11.5 Å². The standard InChI is InChI=1S/C13H14NO3/c1-15-14-13(9-2-3-9)10-4-5-11-12(8-10)17-7-6-16-11/h4-5,8-9H,1-3,6-7H2/b14-13+. The van der Waals surface area contributed by atoms with Crippen LogP contribution in [0.25, 0.3) is 0 Å². The van der Waals surface area contributed by atoms with Crippen LogP contribution < -0.4 is 9.47 Å². The number of hydrogen-bond donors (Lipinski definition) is 0. The normalized spacial score (nSPS) is 19.0. The molecule has 2 aliphatic rings. The van der Waals surface area contributed by atoms with Crippen molar-refractivity contribution in [1.29, 1.82) is 0 Å². The predicted molar refractivity (Wildman–Crippen MR) is 63.1 cm³/mol. The molecule has 4 heteroatoms. The lowest BCUT2D eigenvalue weighted by Gasteiger charge is -2.19. The van der Waals surface area contributed by atoms with Crippen LogP contribution in [0.2, 0.25) is 0 Å². The van der Waals surface area contributed by atoms with E-state index in [2.05, 4.69) is 17.1 Å². The van der Waals surface area contributed by atoms with Crippen molar-refractivity contribution in [3.8, 4) is 11.5 Å². The fraction of sp³-hybridized carbons (Fsp3) is 0.385. The van der Waals surface area contributed by atoms with Gasteiger partial charge in [-0.15, -0.1) is 0 Å². The van der Waals surface area contributed by atoms with Crippen molar-refractivity contribution in [2.45, 2.75) is 12.8 Å². The Morgan fingerprint density at radius 1 is 1.24 bits per heavy atom. The maximum absolute atomic E-state index is 5.56. The van der Waals surface area contributed by atoms with Gasteiger partial charge in [-0.1, -0.05) is 5.16 Å². The first-order valence-corrected chi connectivity index (χ1v) is 5.77. The number of benzene rings is 1. The van der Waals surface area contributed by atoms with Crippen LogP contribution >= 0.6 is 0 Å². The number of ether oxygens (including phenoxy) is 2. The number of rotatable bonds is 3. The Hall–Kier alpha value is -1.71. The van der Waals surface area contributed by atoms with Crippen molar-refractivity contribution in [3.05, 3.63) is 30.9 Å². The molecule has 0 unspecified atom stereocenters. The Labute approximate surface area is 100 Å². The van der Waals surface area contributed by atoms with Gasteiger partial charge in [0.1, 0.15) is 13.2 Å². The summed E-state index contributed by atoms with van der Waals surface area (Å²) in [6.45, 7) is 1.20. The van der Waals surface area contributed by atoms with Crippen molar-refractivity contribution in [2.75, 3.05) is 13.2 Å². The third kappa shape index (κ3) is 2.07. The Kier molecular flexibility index (Phi) is 2.63. The van der Waals surface area contributed by atoms with Crippen molar-refractivity contribution < 1.29 is 14.3 Å². The summed E-state index contributed by atoms with van der Waals surface area (Å²) in [6.07, 6.45) is 2.33. The van der Waals surface area contributed by atoms with Crippen LogP contribution in [-0.2, 0) is 4.84 Å². The minimum atomic E-state index is 0.499. The van der Waals surface area contributed by atoms with E-state index in [0.29, 0.717) is 19.1 Å². The van der Waals surface area contributed by atoms with Crippen LogP contribution in [-0.4, -0.2) is 18.9 Å². The van der Waals surface area contributed by atoms with Crippen LogP contribution in [0.3, 0.4) is 0 Å². The van der Waals surface area contributed by atoms with Crippen LogP contribution in [0.15, 0.2) is 23.4 Å². The average Bonchev–Trinajstić information content (AvgIpc) is 3.20. The lowest BCUT2D eigenvalue weighted by atomic mass is 10.1. The fourth-order valence-electron chi connectivity index (χ4n) is 1.99. The first-order valence-electron chi connectivity index (χ1n) is 5.77. The average molecular weight is 232 g/mol. The molecule has 17 heavy (non-hydrogen) atoms. The molecule has 1 aromatic rings. The van der Waals surface area contributed by atoms with Crippen molar-refractivity contribution in [2.24, 2.45) is 11.1 Å². The zero-order chi connectivity index (χ0) is 11.7. The van der Waals surface area contributed by atoms with Crippen LogP contribution in [0, 0.1) is 13.0 Å². The number of fused-ring (bicyclic) bond motifs is 1. The molecular formula is C13H14NO3. The Bertz CT molecular complexity index is 452. The molecule has 0 N–H and O–H groups in total. The highest BCUT2D eigenvalue weighted by Crippen LogP contribution is 2.37. The Balaban J connectivity index is 1.94. The van der Waals surface area contributed by atoms with E-state index in [-0.39, 0.29) is 0 Å². The van der Waals surface area contributed by atoms with Crippen molar-refractivity contribution >= 4 is 5.71 Å². The topological polar surface area (TPSA) is 40.0 Å². The van der Waals surface area contributed by atoms with E-state index in [1.807, 2.05) is 18.2 Å². The highest BCUT2D eigenvalue weighted by Gasteiger charge is 2.30. The van der Waals surface area contributed by atoms with Gasteiger partial charge in [-0.2, -0.15) is 0 Å². The molecule has 1 fully saturated rings. The van der Waals surface area contributed by atoms with E-state index >= 15 is 0 Å². The van der Waals surface area contributed by atoms with Gasteiger partial charge in [0.25, 0.3) is 0 Å². The van der Waals surface area contributed by atoms with E-state index in [4.69, 9.17) is 9.47 Å². The fourth-order valence-corrected chi connectivity index (χ4v) is 1.99. The molecule has 0 bridgehead atoms. The van der Waals surface area contributed by atoms with Gasteiger partial charge < -0.3 is 14.3 Å². The Morgan fingerprint density at radius 3 is 2.71 bits per heavy atom. The summed E-state index contributed by atoms with van der Waals surface area (Å²) in [5, 5.41) is 4.01. The molecule has 1 radical (unpaired) electrons. The van der Waals surface area contributed by atoms with Crippen LogP contribution in [0.1, 0.15) is 18.4 Å². The maximum Gasteiger partial charge on any atom is 0.162 e. The second-order valence-corrected chi connectivity index (χ2v) is 4.24. The molecule has 1 heterocycles. The molecule has 1 aromatic carbocycles. The molecule has 0 atom stereocenters. The smallest absolute Gasteiger partial charge is 0.162 e. The molecule has 1 aliphatic carbocycles. The molecule has 0 aromatic heterocycles. The van der Waals surface area contributed by atoms with E-state index < -0.39 is 0 Å². The lowest BCUT2D eigenvalue weighted by molar-refractivity contribution is 0.171. The maximum atomic E-state index is 5.56.